The maximum absolute atomic E-state index is 12.0. The molecule has 2 unspecified atom stereocenters. The van der Waals surface area contributed by atoms with Crippen molar-refractivity contribution in [2.75, 3.05) is 26.3 Å². The largest absolute Gasteiger partial charge is 0.444 e. The van der Waals surface area contributed by atoms with Crippen molar-refractivity contribution in [3.63, 3.8) is 0 Å². The Balaban J connectivity index is 2.24. The SMILES string of the molecule is CC=CC(C)COCC(O)CC#CC1CCN(C(=O)OC(C)(C)C)CC1. The third-order valence-electron chi connectivity index (χ3n) is 4.00. The monoisotopic (exact) mass is 365 g/mol. The van der Waals surface area contributed by atoms with Crippen molar-refractivity contribution in [2.45, 2.75) is 65.6 Å². The van der Waals surface area contributed by atoms with Crippen LogP contribution in [0, 0.1) is 23.7 Å². The molecule has 148 valence electrons. The number of aliphatic hydroxyl groups excluding tert-OH is 1. The van der Waals surface area contributed by atoms with Crippen LogP contribution in [0.5, 0.6) is 0 Å². The third-order valence-corrected chi connectivity index (χ3v) is 4.00. The molecule has 5 heteroatoms. The van der Waals surface area contributed by atoms with Crippen LogP contribution in [0.4, 0.5) is 4.79 Å². The van der Waals surface area contributed by atoms with Gasteiger partial charge in [0.1, 0.15) is 5.60 Å². The summed E-state index contributed by atoms with van der Waals surface area (Å²) in [6.07, 6.45) is 5.40. The Bertz CT molecular complexity index is 504. The molecule has 0 aromatic rings. The lowest BCUT2D eigenvalue weighted by atomic mass is 9.97. The molecule has 0 bridgehead atoms. The number of ether oxygens (including phenoxy) is 2. The number of aliphatic hydroxyl groups is 1. The minimum absolute atomic E-state index is 0.247. The Labute approximate surface area is 158 Å². The van der Waals surface area contributed by atoms with E-state index in [1.807, 2.05) is 33.8 Å². The molecule has 1 fully saturated rings. The van der Waals surface area contributed by atoms with Crippen molar-refractivity contribution >= 4 is 6.09 Å². The molecule has 1 heterocycles. The normalized spacial score (nSPS) is 18.3. The van der Waals surface area contributed by atoms with Gasteiger partial charge in [0.05, 0.1) is 19.3 Å². The third kappa shape index (κ3) is 9.84. The molecule has 0 aliphatic carbocycles. The highest BCUT2D eigenvalue weighted by Gasteiger charge is 2.26. The molecule has 1 amide bonds. The predicted molar refractivity (Wildman–Crippen MR) is 104 cm³/mol. The molecule has 1 saturated heterocycles. The number of carbonyl (C=O) groups excluding carboxylic acids is 1. The summed E-state index contributed by atoms with van der Waals surface area (Å²) < 4.78 is 10.9. The van der Waals surface area contributed by atoms with E-state index in [1.54, 1.807) is 4.90 Å². The van der Waals surface area contributed by atoms with Crippen LogP contribution < -0.4 is 0 Å². The second kappa shape index (κ2) is 11.3. The lowest BCUT2D eigenvalue weighted by Gasteiger charge is -2.31. The predicted octanol–water partition coefficient (Wildman–Crippen LogP) is 3.62. The zero-order chi connectivity index (χ0) is 19.6. The van der Waals surface area contributed by atoms with Crippen LogP contribution in [0.2, 0.25) is 0 Å². The Morgan fingerprint density at radius 2 is 1.96 bits per heavy atom. The van der Waals surface area contributed by atoms with Crippen LogP contribution in [-0.4, -0.2) is 54.1 Å². The minimum Gasteiger partial charge on any atom is -0.444 e. The summed E-state index contributed by atoms with van der Waals surface area (Å²) in [5.74, 6) is 6.93. The maximum atomic E-state index is 12.0. The number of hydrogen-bond donors (Lipinski definition) is 1. The van der Waals surface area contributed by atoms with Crippen molar-refractivity contribution in [2.24, 2.45) is 11.8 Å². The van der Waals surface area contributed by atoms with Gasteiger partial charge in [-0.05, 0) is 46.5 Å². The van der Waals surface area contributed by atoms with E-state index in [0.29, 0.717) is 38.6 Å². The van der Waals surface area contributed by atoms with Gasteiger partial charge in [-0.2, -0.15) is 0 Å². The first-order chi connectivity index (χ1) is 12.2. The average molecular weight is 366 g/mol. The van der Waals surface area contributed by atoms with E-state index in [9.17, 15) is 9.90 Å². The molecule has 26 heavy (non-hydrogen) atoms. The number of carbonyl (C=O) groups is 1. The van der Waals surface area contributed by atoms with Gasteiger partial charge in [0.15, 0.2) is 0 Å². The molecular weight excluding hydrogens is 330 g/mol. The lowest BCUT2D eigenvalue weighted by molar-refractivity contribution is 0.0199. The van der Waals surface area contributed by atoms with Gasteiger partial charge in [-0.3, -0.25) is 0 Å². The first kappa shape index (κ1) is 22.5. The average Bonchev–Trinajstić information content (AvgIpc) is 2.54. The molecule has 1 aliphatic heterocycles. The van der Waals surface area contributed by atoms with Crippen LogP contribution in [0.15, 0.2) is 12.2 Å². The fourth-order valence-corrected chi connectivity index (χ4v) is 2.69. The second-order valence-corrected chi connectivity index (χ2v) is 7.96. The first-order valence-corrected chi connectivity index (χ1v) is 9.56. The Morgan fingerprint density at radius 3 is 2.54 bits per heavy atom. The number of allylic oxidation sites excluding steroid dienone is 1. The lowest BCUT2D eigenvalue weighted by Crippen LogP contribution is -2.41. The van der Waals surface area contributed by atoms with Crippen LogP contribution in [0.25, 0.3) is 0 Å². The molecule has 0 radical (unpaired) electrons. The summed E-state index contributed by atoms with van der Waals surface area (Å²) in [7, 11) is 0. The van der Waals surface area contributed by atoms with Gasteiger partial charge < -0.3 is 19.5 Å². The van der Waals surface area contributed by atoms with Crippen LogP contribution in [0.1, 0.15) is 53.9 Å². The van der Waals surface area contributed by atoms with E-state index in [2.05, 4.69) is 24.8 Å². The van der Waals surface area contributed by atoms with Crippen LogP contribution in [-0.2, 0) is 9.47 Å². The van der Waals surface area contributed by atoms with Gasteiger partial charge in [-0.15, -0.1) is 5.92 Å². The van der Waals surface area contributed by atoms with Crippen molar-refractivity contribution in [1.82, 2.24) is 4.90 Å². The zero-order valence-electron chi connectivity index (χ0n) is 17.0. The van der Waals surface area contributed by atoms with Gasteiger partial charge in [0.2, 0.25) is 0 Å². The fourth-order valence-electron chi connectivity index (χ4n) is 2.69. The standard InChI is InChI=1S/C21H35NO4/c1-6-8-17(2)15-25-16-19(23)10-7-9-18-11-13-22(14-12-18)20(24)26-21(3,4)5/h6,8,17-19,23H,10-16H2,1-5H3. The maximum Gasteiger partial charge on any atom is 0.410 e. The molecule has 2 atom stereocenters. The number of piperidine rings is 1. The Morgan fingerprint density at radius 1 is 1.31 bits per heavy atom. The van der Waals surface area contributed by atoms with E-state index in [-0.39, 0.29) is 12.0 Å². The second-order valence-electron chi connectivity index (χ2n) is 7.96. The summed E-state index contributed by atoms with van der Waals surface area (Å²) in [5.41, 5.74) is -0.462. The molecular formula is C21H35NO4. The Hall–Kier alpha value is -1.51. The van der Waals surface area contributed by atoms with Crippen molar-refractivity contribution in [3.05, 3.63) is 12.2 Å². The van der Waals surface area contributed by atoms with Crippen molar-refractivity contribution in [1.29, 1.82) is 0 Å². The Kier molecular flexibility index (Phi) is 9.75. The van der Waals surface area contributed by atoms with E-state index in [4.69, 9.17) is 9.47 Å². The molecule has 5 nitrogen and oxygen atoms in total. The van der Waals surface area contributed by atoms with Crippen molar-refractivity contribution < 1.29 is 19.4 Å². The van der Waals surface area contributed by atoms with E-state index >= 15 is 0 Å². The summed E-state index contributed by atoms with van der Waals surface area (Å²) in [5, 5.41) is 9.93. The smallest absolute Gasteiger partial charge is 0.410 e. The van der Waals surface area contributed by atoms with Crippen LogP contribution in [0.3, 0.4) is 0 Å². The molecule has 1 N–H and O–H groups in total. The number of rotatable bonds is 6. The summed E-state index contributed by atoms with van der Waals surface area (Å²) in [4.78, 5) is 13.8. The molecule has 1 aliphatic rings. The molecule has 0 aromatic heterocycles. The number of hydrogen-bond acceptors (Lipinski definition) is 4. The van der Waals surface area contributed by atoms with Gasteiger partial charge in [-0.1, -0.05) is 25.0 Å². The van der Waals surface area contributed by atoms with Gasteiger partial charge >= 0.3 is 6.09 Å². The summed E-state index contributed by atoms with van der Waals surface area (Å²) in [6.45, 7) is 11.9. The highest BCUT2D eigenvalue weighted by atomic mass is 16.6. The zero-order valence-corrected chi connectivity index (χ0v) is 17.0. The quantitative estimate of drug-likeness (QED) is 0.577. The number of likely N-dealkylation sites (tertiary alicyclic amines) is 1. The summed E-state index contributed by atoms with van der Waals surface area (Å²) in [6, 6.07) is 0. The highest BCUT2D eigenvalue weighted by molar-refractivity contribution is 5.68. The highest BCUT2D eigenvalue weighted by Crippen LogP contribution is 2.19. The molecule has 0 aromatic carbocycles. The fraction of sp³-hybridized carbons (Fsp3) is 0.762. The number of nitrogens with zero attached hydrogens (tertiary/aromatic N) is 1. The van der Waals surface area contributed by atoms with E-state index < -0.39 is 11.7 Å². The van der Waals surface area contributed by atoms with E-state index in [0.717, 1.165) is 12.8 Å². The molecule has 0 saturated carbocycles. The first-order valence-electron chi connectivity index (χ1n) is 9.56. The minimum atomic E-state index is -0.554. The number of amides is 1. The van der Waals surface area contributed by atoms with Crippen molar-refractivity contribution in [3.8, 4) is 11.8 Å². The van der Waals surface area contributed by atoms with Gasteiger partial charge in [0, 0.05) is 25.4 Å². The molecule has 1 rings (SSSR count). The van der Waals surface area contributed by atoms with Gasteiger partial charge in [-0.25, -0.2) is 4.79 Å². The van der Waals surface area contributed by atoms with E-state index in [1.165, 1.54) is 0 Å². The van der Waals surface area contributed by atoms with Gasteiger partial charge in [0.25, 0.3) is 0 Å². The summed E-state index contributed by atoms with van der Waals surface area (Å²) >= 11 is 0. The van der Waals surface area contributed by atoms with Crippen LogP contribution >= 0.6 is 0 Å². The molecule has 0 spiro atoms. The topological polar surface area (TPSA) is 59.0 Å².